The maximum atomic E-state index is 2.44. The molecule has 4 unspecified atom stereocenters. The van der Waals surface area contributed by atoms with Crippen LogP contribution in [0.25, 0.3) is 0 Å². The van der Waals surface area contributed by atoms with Crippen molar-refractivity contribution in [1.29, 1.82) is 0 Å². The molecule has 0 aromatic heterocycles. The Balaban J connectivity index is 0.000000480. The van der Waals surface area contributed by atoms with Crippen LogP contribution in [-0.2, 0) is 0 Å². The Kier molecular flexibility index (Phi) is 1.48. The second kappa shape index (κ2) is 2.26. The zero-order valence-electron chi connectivity index (χ0n) is 6.61. The summed E-state index contributed by atoms with van der Waals surface area (Å²) < 4.78 is 0. The third-order valence-corrected chi connectivity index (χ3v) is 3.46. The molecule has 0 nitrogen and oxygen atoms in total. The minimum atomic E-state index is 0. The van der Waals surface area contributed by atoms with Gasteiger partial charge in [0.15, 0.2) is 0 Å². The zero-order valence-corrected chi connectivity index (χ0v) is 6.61. The Bertz CT molecular complexity index is 217. The highest BCUT2D eigenvalue weighted by atomic mass is 14.5. The molecule has 3 radical (unpaired) electrons. The number of rotatable bonds is 0. The van der Waals surface area contributed by atoms with Crippen LogP contribution in [0.4, 0.5) is 0 Å². The van der Waals surface area contributed by atoms with E-state index in [4.69, 9.17) is 0 Å². The van der Waals surface area contributed by atoms with E-state index in [1.54, 1.807) is 0 Å². The molecule has 3 aliphatic carbocycles. The average molecular weight is 143 g/mol. The number of hydrogen-bond acceptors (Lipinski definition) is 0. The van der Waals surface area contributed by atoms with Crippen LogP contribution in [0.1, 0.15) is 12.8 Å². The molecule has 0 aromatic rings. The molecular weight excluding hydrogens is 131 g/mol. The minimum absolute atomic E-state index is 0. The van der Waals surface area contributed by atoms with Gasteiger partial charge >= 0.3 is 0 Å². The molecule has 0 N–H and O–H groups in total. The second-order valence-corrected chi connectivity index (χ2v) is 3.85. The van der Waals surface area contributed by atoms with Gasteiger partial charge in [-0.2, -0.15) is 0 Å². The van der Waals surface area contributed by atoms with Gasteiger partial charge in [0.25, 0.3) is 0 Å². The number of allylic oxidation sites excluding steroid dienone is 4. The van der Waals surface area contributed by atoms with Crippen LogP contribution in [0, 0.1) is 23.7 Å². The molecule has 1 heteroatoms. The van der Waals surface area contributed by atoms with E-state index in [1.807, 2.05) is 0 Å². The summed E-state index contributed by atoms with van der Waals surface area (Å²) in [6, 6.07) is 0. The molecule has 11 heavy (non-hydrogen) atoms. The topological polar surface area (TPSA) is 0 Å². The molecule has 0 saturated heterocycles. The summed E-state index contributed by atoms with van der Waals surface area (Å²) in [4.78, 5) is 0. The molecule has 3 aliphatic rings. The Morgan fingerprint density at radius 2 is 1.82 bits per heavy atom. The van der Waals surface area contributed by atoms with Crippen LogP contribution in [-0.4, -0.2) is 8.41 Å². The average Bonchev–Trinajstić information content (AvgIpc) is 2.60. The van der Waals surface area contributed by atoms with E-state index in [2.05, 4.69) is 24.3 Å². The van der Waals surface area contributed by atoms with E-state index >= 15 is 0 Å². The van der Waals surface area contributed by atoms with E-state index in [0.717, 1.165) is 23.7 Å². The first-order valence-corrected chi connectivity index (χ1v) is 4.30. The molecule has 4 atom stereocenters. The summed E-state index contributed by atoms with van der Waals surface area (Å²) in [5, 5.41) is 0. The zero-order chi connectivity index (χ0) is 6.55. The molecule has 0 aromatic carbocycles. The van der Waals surface area contributed by atoms with Gasteiger partial charge in [0, 0.05) is 8.41 Å². The lowest BCUT2D eigenvalue weighted by Crippen LogP contribution is -2.12. The van der Waals surface area contributed by atoms with Crippen molar-refractivity contribution in [3.8, 4) is 0 Å². The third kappa shape index (κ3) is 0.771. The van der Waals surface area contributed by atoms with Crippen molar-refractivity contribution in [2.24, 2.45) is 23.7 Å². The van der Waals surface area contributed by atoms with Crippen molar-refractivity contribution in [2.75, 3.05) is 0 Å². The maximum Gasteiger partial charge on any atom is 0 e. The van der Waals surface area contributed by atoms with Crippen molar-refractivity contribution >= 4 is 8.41 Å². The fourth-order valence-corrected chi connectivity index (χ4v) is 2.97. The van der Waals surface area contributed by atoms with Gasteiger partial charge in [-0.05, 0) is 36.5 Å². The van der Waals surface area contributed by atoms with E-state index < -0.39 is 0 Å². The van der Waals surface area contributed by atoms with Gasteiger partial charge < -0.3 is 0 Å². The number of fused-ring (bicyclic) bond motifs is 5. The molecule has 0 heterocycles. The highest BCUT2D eigenvalue weighted by Gasteiger charge is 2.44. The van der Waals surface area contributed by atoms with Gasteiger partial charge in [-0.15, -0.1) is 0 Å². The summed E-state index contributed by atoms with van der Waals surface area (Å²) in [7, 11) is 0. The minimum Gasteiger partial charge on any atom is -0.0879 e. The highest BCUT2D eigenvalue weighted by molar-refractivity contribution is 5.75. The van der Waals surface area contributed by atoms with Crippen molar-refractivity contribution < 1.29 is 0 Å². The van der Waals surface area contributed by atoms with Gasteiger partial charge in [0.05, 0.1) is 0 Å². The lowest BCUT2D eigenvalue weighted by Gasteiger charge is -2.18. The maximum absolute atomic E-state index is 2.44. The van der Waals surface area contributed by atoms with E-state index in [-0.39, 0.29) is 8.41 Å². The van der Waals surface area contributed by atoms with Crippen LogP contribution in [0.5, 0.6) is 0 Å². The summed E-state index contributed by atoms with van der Waals surface area (Å²) in [5.74, 6) is 3.82. The van der Waals surface area contributed by atoms with Crippen LogP contribution >= 0.6 is 0 Å². The summed E-state index contributed by atoms with van der Waals surface area (Å²) >= 11 is 0. The number of hydrogen-bond donors (Lipinski definition) is 0. The van der Waals surface area contributed by atoms with Gasteiger partial charge in [0.1, 0.15) is 0 Å². The Morgan fingerprint density at radius 3 is 2.64 bits per heavy atom. The van der Waals surface area contributed by atoms with Gasteiger partial charge in [0.2, 0.25) is 0 Å². The van der Waals surface area contributed by atoms with Gasteiger partial charge in [-0.3, -0.25) is 0 Å². The summed E-state index contributed by atoms with van der Waals surface area (Å²) in [6.07, 6.45) is 12.5. The van der Waals surface area contributed by atoms with Crippen LogP contribution in [0.15, 0.2) is 24.3 Å². The van der Waals surface area contributed by atoms with E-state index in [1.165, 1.54) is 12.8 Å². The molecule has 3 rings (SSSR count). The van der Waals surface area contributed by atoms with Crippen molar-refractivity contribution in [2.45, 2.75) is 12.8 Å². The molecule has 55 valence electrons. The fraction of sp³-hybridized carbons (Fsp3) is 0.600. The third-order valence-electron chi connectivity index (χ3n) is 3.46. The fourth-order valence-electron chi connectivity index (χ4n) is 2.97. The highest BCUT2D eigenvalue weighted by Crippen LogP contribution is 2.52. The Labute approximate surface area is 69.9 Å². The molecule has 1 saturated carbocycles. The largest absolute Gasteiger partial charge is 0.0879 e. The smallest absolute Gasteiger partial charge is 0 e. The van der Waals surface area contributed by atoms with E-state index in [0.29, 0.717) is 0 Å². The van der Waals surface area contributed by atoms with Crippen molar-refractivity contribution in [3.05, 3.63) is 24.3 Å². The monoisotopic (exact) mass is 143 g/mol. The molecule has 2 bridgehead atoms. The molecular formula is C10H12B. The van der Waals surface area contributed by atoms with Crippen molar-refractivity contribution in [1.82, 2.24) is 0 Å². The first-order chi connectivity index (χ1) is 4.95. The normalized spacial score (nSPS) is 49.5. The lowest BCUT2D eigenvalue weighted by molar-refractivity contribution is 0.398. The standard InChI is InChI=1S/C10H12.B/c1-2-9-7-4-5-8(6-7)10(9)3-1;/h1-2,4-5,7-10H,3,6H2;. The first-order valence-electron chi connectivity index (χ1n) is 4.30. The van der Waals surface area contributed by atoms with Crippen LogP contribution in [0.2, 0.25) is 0 Å². The predicted molar refractivity (Wildman–Crippen MR) is 47.2 cm³/mol. The quantitative estimate of drug-likeness (QED) is 0.359. The molecule has 0 amide bonds. The van der Waals surface area contributed by atoms with Crippen LogP contribution in [0.3, 0.4) is 0 Å². The second-order valence-electron chi connectivity index (χ2n) is 3.85. The van der Waals surface area contributed by atoms with Crippen LogP contribution < -0.4 is 0 Å². The first kappa shape index (κ1) is 7.21. The molecule has 1 fully saturated rings. The molecule has 0 spiro atoms. The summed E-state index contributed by atoms with van der Waals surface area (Å²) in [5.41, 5.74) is 0. The summed E-state index contributed by atoms with van der Waals surface area (Å²) in [6.45, 7) is 0. The van der Waals surface area contributed by atoms with Crippen molar-refractivity contribution in [3.63, 3.8) is 0 Å². The lowest BCUT2D eigenvalue weighted by atomic mass is 9.86. The SMILES string of the molecule is C1=CC2C3C=CC(C3)C2C1.[B]. The van der Waals surface area contributed by atoms with E-state index in [9.17, 15) is 0 Å². The Hall–Kier alpha value is -0.455. The van der Waals surface area contributed by atoms with Gasteiger partial charge in [-0.25, -0.2) is 0 Å². The van der Waals surface area contributed by atoms with Gasteiger partial charge in [-0.1, -0.05) is 24.3 Å². The Morgan fingerprint density at radius 1 is 1.00 bits per heavy atom. The molecule has 0 aliphatic heterocycles. The predicted octanol–water partition coefficient (Wildman–Crippen LogP) is 2.00.